The van der Waals surface area contributed by atoms with Gasteiger partial charge in [0.1, 0.15) is 18.3 Å². The second-order valence-electron chi connectivity index (χ2n) is 4.83. The average molecular weight is 357 g/mol. The number of nitrogens with zero attached hydrogens (tertiary/aromatic N) is 2. The SMILES string of the molecule is Oc1ccc(CC2=NNCN2c2c(Cl)cc(Cl)cc2Cl)cc1. The van der Waals surface area contributed by atoms with Gasteiger partial charge in [-0.25, -0.2) is 0 Å². The molecule has 0 bridgehead atoms. The lowest BCUT2D eigenvalue weighted by Crippen LogP contribution is -2.31. The number of nitrogens with one attached hydrogen (secondary N) is 1. The molecule has 0 aliphatic carbocycles. The number of hydrogen-bond donors (Lipinski definition) is 2. The molecule has 22 heavy (non-hydrogen) atoms. The minimum absolute atomic E-state index is 0.232. The predicted octanol–water partition coefficient (Wildman–Crippen LogP) is 4.28. The van der Waals surface area contributed by atoms with Crippen LogP contribution in [0.4, 0.5) is 5.69 Å². The zero-order valence-corrected chi connectivity index (χ0v) is 13.6. The Kier molecular flexibility index (Phi) is 4.34. The number of phenols is 1. The molecule has 0 saturated heterocycles. The Bertz CT molecular complexity index is 708. The Morgan fingerprint density at radius 2 is 1.73 bits per heavy atom. The van der Waals surface area contributed by atoms with Gasteiger partial charge in [-0.15, -0.1) is 0 Å². The lowest BCUT2D eigenvalue weighted by molar-refractivity contribution is 0.475. The fraction of sp³-hybridized carbons (Fsp3) is 0.133. The highest BCUT2D eigenvalue weighted by Crippen LogP contribution is 2.37. The molecule has 0 radical (unpaired) electrons. The second-order valence-corrected chi connectivity index (χ2v) is 6.08. The maximum atomic E-state index is 9.35. The van der Waals surface area contributed by atoms with Gasteiger partial charge in [-0.05, 0) is 29.8 Å². The van der Waals surface area contributed by atoms with Gasteiger partial charge >= 0.3 is 0 Å². The normalized spacial score (nSPS) is 14.0. The van der Waals surface area contributed by atoms with Gasteiger partial charge in [0, 0.05) is 11.4 Å². The van der Waals surface area contributed by atoms with Crippen molar-refractivity contribution in [2.75, 3.05) is 11.6 Å². The summed E-state index contributed by atoms with van der Waals surface area (Å²) in [6.07, 6.45) is 0.586. The number of amidine groups is 1. The van der Waals surface area contributed by atoms with Crippen LogP contribution in [-0.2, 0) is 6.42 Å². The molecule has 114 valence electrons. The summed E-state index contributed by atoms with van der Waals surface area (Å²) in [5.41, 5.74) is 4.63. The van der Waals surface area contributed by atoms with Crippen LogP contribution in [0.15, 0.2) is 41.5 Å². The molecule has 0 aromatic heterocycles. The van der Waals surface area contributed by atoms with Crippen molar-refractivity contribution in [3.63, 3.8) is 0 Å². The molecule has 1 aliphatic rings. The first kappa shape index (κ1) is 15.3. The number of rotatable bonds is 3. The number of halogens is 3. The lowest BCUT2D eigenvalue weighted by Gasteiger charge is -2.22. The van der Waals surface area contributed by atoms with E-state index in [0.29, 0.717) is 33.8 Å². The van der Waals surface area contributed by atoms with Gasteiger partial charge in [-0.3, -0.25) is 5.43 Å². The van der Waals surface area contributed by atoms with E-state index in [2.05, 4.69) is 10.5 Å². The van der Waals surface area contributed by atoms with Crippen LogP contribution in [-0.4, -0.2) is 17.6 Å². The van der Waals surface area contributed by atoms with Crippen molar-refractivity contribution < 1.29 is 5.11 Å². The number of hydrogen-bond acceptors (Lipinski definition) is 4. The van der Waals surface area contributed by atoms with Crippen molar-refractivity contribution in [1.29, 1.82) is 0 Å². The summed E-state index contributed by atoms with van der Waals surface area (Å²) in [4.78, 5) is 1.91. The van der Waals surface area contributed by atoms with Crippen molar-refractivity contribution >= 4 is 46.3 Å². The average Bonchev–Trinajstić information content (AvgIpc) is 2.88. The first-order valence-electron chi connectivity index (χ1n) is 6.54. The van der Waals surface area contributed by atoms with Crippen molar-refractivity contribution in [3.05, 3.63) is 57.0 Å². The Morgan fingerprint density at radius 3 is 2.36 bits per heavy atom. The minimum Gasteiger partial charge on any atom is -0.508 e. The molecule has 0 spiro atoms. The van der Waals surface area contributed by atoms with Gasteiger partial charge in [-0.1, -0.05) is 46.9 Å². The van der Waals surface area contributed by atoms with Crippen LogP contribution in [0.25, 0.3) is 0 Å². The van der Waals surface area contributed by atoms with Gasteiger partial charge in [0.05, 0.1) is 15.7 Å². The van der Waals surface area contributed by atoms with Crippen molar-refractivity contribution in [1.82, 2.24) is 5.43 Å². The van der Waals surface area contributed by atoms with Crippen molar-refractivity contribution in [2.45, 2.75) is 6.42 Å². The molecule has 3 rings (SSSR count). The molecule has 2 aromatic rings. The van der Waals surface area contributed by atoms with Gasteiger partial charge < -0.3 is 10.0 Å². The predicted molar refractivity (Wildman–Crippen MR) is 91.2 cm³/mol. The summed E-state index contributed by atoms with van der Waals surface area (Å²) in [6.45, 7) is 0.481. The monoisotopic (exact) mass is 355 g/mol. The van der Waals surface area contributed by atoms with E-state index in [1.165, 1.54) is 0 Å². The molecule has 1 aliphatic heterocycles. The van der Waals surface area contributed by atoms with Crippen molar-refractivity contribution in [2.24, 2.45) is 5.10 Å². The maximum Gasteiger partial charge on any atom is 0.135 e. The maximum absolute atomic E-state index is 9.35. The summed E-state index contributed by atoms with van der Waals surface area (Å²) < 4.78 is 0. The van der Waals surface area contributed by atoms with E-state index in [9.17, 15) is 5.11 Å². The molecule has 2 N–H and O–H groups in total. The van der Waals surface area contributed by atoms with Gasteiger partial charge in [-0.2, -0.15) is 5.10 Å². The minimum atomic E-state index is 0.232. The van der Waals surface area contributed by atoms with E-state index >= 15 is 0 Å². The van der Waals surface area contributed by atoms with Gasteiger partial charge in [0.25, 0.3) is 0 Å². The molecular weight excluding hydrogens is 345 g/mol. The van der Waals surface area contributed by atoms with Crippen LogP contribution in [0.2, 0.25) is 15.1 Å². The molecule has 0 amide bonds. The Hall–Kier alpha value is -1.62. The Morgan fingerprint density at radius 1 is 1.09 bits per heavy atom. The van der Waals surface area contributed by atoms with Crippen LogP contribution >= 0.6 is 34.8 Å². The van der Waals surface area contributed by atoms with Crippen LogP contribution in [0.5, 0.6) is 5.75 Å². The summed E-state index contributed by atoms with van der Waals surface area (Å²) in [6, 6.07) is 10.3. The summed E-state index contributed by atoms with van der Waals surface area (Å²) in [5.74, 6) is 1.02. The number of hydrazone groups is 1. The smallest absolute Gasteiger partial charge is 0.135 e. The van der Waals surface area contributed by atoms with E-state index in [4.69, 9.17) is 34.8 Å². The highest BCUT2D eigenvalue weighted by atomic mass is 35.5. The fourth-order valence-corrected chi connectivity index (χ4v) is 3.30. The third-order valence-corrected chi connectivity index (χ3v) is 4.09. The summed E-state index contributed by atoms with van der Waals surface area (Å²) in [5, 5.41) is 15.1. The topological polar surface area (TPSA) is 47.9 Å². The number of aromatic hydroxyl groups is 1. The number of phenolic OH excluding ortho intramolecular Hbond substituents is 1. The first-order chi connectivity index (χ1) is 10.5. The zero-order valence-electron chi connectivity index (χ0n) is 11.4. The summed E-state index contributed by atoms with van der Waals surface area (Å²) >= 11 is 18.5. The van der Waals surface area contributed by atoms with E-state index in [1.807, 2.05) is 17.0 Å². The lowest BCUT2D eigenvalue weighted by atomic mass is 10.1. The van der Waals surface area contributed by atoms with Crippen LogP contribution in [0.3, 0.4) is 0 Å². The fourth-order valence-electron chi connectivity index (χ4n) is 2.28. The van der Waals surface area contributed by atoms with Gasteiger partial charge in [0.2, 0.25) is 0 Å². The molecule has 2 aromatic carbocycles. The largest absolute Gasteiger partial charge is 0.508 e. The Labute approximate surface area is 142 Å². The van der Waals surface area contributed by atoms with Crippen LogP contribution < -0.4 is 10.3 Å². The molecule has 1 heterocycles. The highest BCUT2D eigenvalue weighted by Gasteiger charge is 2.24. The highest BCUT2D eigenvalue weighted by molar-refractivity contribution is 6.42. The Balaban J connectivity index is 1.89. The molecule has 0 unspecified atom stereocenters. The molecular formula is C15H12Cl3N3O. The van der Waals surface area contributed by atoms with E-state index in [-0.39, 0.29) is 5.75 Å². The molecule has 7 heteroatoms. The van der Waals surface area contributed by atoms with Crippen LogP contribution in [0.1, 0.15) is 5.56 Å². The van der Waals surface area contributed by atoms with Crippen molar-refractivity contribution in [3.8, 4) is 5.75 Å². The molecule has 0 saturated carbocycles. The molecule has 0 atom stereocenters. The van der Waals surface area contributed by atoms with Crippen LogP contribution in [0, 0.1) is 0 Å². The van der Waals surface area contributed by atoms with E-state index in [1.54, 1.807) is 24.3 Å². The summed E-state index contributed by atoms with van der Waals surface area (Å²) in [7, 11) is 0. The third kappa shape index (κ3) is 3.09. The quantitative estimate of drug-likeness (QED) is 0.863. The van der Waals surface area contributed by atoms with E-state index in [0.717, 1.165) is 11.4 Å². The zero-order chi connectivity index (χ0) is 15.7. The van der Waals surface area contributed by atoms with E-state index < -0.39 is 0 Å². The third-order valence-electron chi connectivity index (χ3n) is 3.30. The standard InChI is InChI=1S/C15H12Cl3N3O/c16-10-6-12(17)15(13(18)7-10)21-8-19-20-14(21)5-9-1-3-11(22)4-2-9/h1-4,6-7,19,22H,5,8H2. The van der Waals surface area contributed by atoms with Gasteiger partial charge in [0.15, 0.2) is 0 Å². The number of anilines is 1. The second kappa shape index (κ2) is 6.24. The molecule has 4 nitrogen and oxygen atoms in total. The molecule has 0 fully saturated rings. The first-order valence-corrected chi connectivity index (χ1v) is 7.67. The number of benzene rings is 2.